The maximum atomic E-state index is 9.85. The van der Waals surface area contributed by atoms with Gasteiger partial charge >= 0.3 is 6.09 Å². The first-order valence-corrected chi connectivity index (χ1v) is 6.04. The van der Waals surface area contributed by atoms with Crippen LogP contribution in [0.5, 0.6) is 0 Å². The molecule has 8 nitrogen and oxygen atoms in total. The lowest BCUT2D eigenvalue weighted by molar-refractivity contribution is -0.769. The molecule has 0 unspecified atom stereocenters. The van der Waals surface area contributed by atoms with Crippen LogP contribution in [0.2, 0.25) is 0 Å². The number of nitrogens with zero attached hydrogens (tertiary/aromatic N) is 1. The van der Waals surface area contributed by atoms with Crippen LogP contribution in [0.25, 0.3) is 0 Å². The molecule has 1 fully saturated rings. The van der Waals surface area contributed by atoms with E-state index in [0.717, 1.165) is 25.7 Å². The summed E-state index contributed by atoms with van der Waals surface area (Å²) in [5.41, 5.74) is 5.08. The van der Waals surface area contributed by atoms with Crippen molar-refractivity contribution in [2.75, 3.05) is 13.1 Å². The Morgan fingerprint density at radius 1 is 1.44 bits per heavy atom. The molecule has 0 aromatic heterocycles. The Hall–Kier alpha value is -1.57. The number of hydrogen-bond donors (Lipinski definition) is 3. The molecule has 1 saturated carbocycles. The summed E-state index contributed by atoms with van der Waals surface area (Å²) in [6.45, 7) is 0.978. The van der Waals surface area contributed by atoms with E-state index in [1.165, 1.54) is 6.42 Å². The van der Waals surface area contributed by atoms with Crippen molar-refractivity contribution < 1.29 is 19.8 Å². The van der Waals surface area contributed by atoms with Gasteiger partial charge < -0.3 is 21.0 Å². The van der Waals surface area contributed by atoms with Gasteiger partial charge in [0.1, 0.15) is 6.10 Å². The molecule has 18 heavy (non-hydrogen) atoms. The Bertz CT molecular complexity index is 244. The van der Waals surface area contributed by atoms with Crippen LogP contribution in [0.15, 0.2) is 0 Å². The molecule has 1 amide bonds. The lowest BCUT2D eigenvalue weighted by atomic mass is 9.98. The molecule has 0 spiro atoms. The topological polar surface area (TPSA) is 128 Å². The highest BCUT2D eigenvalue weighted by Gasteiger charge is 2.16. The molecule has 0 radical (unpaired) electrons. The predicted molar refractivity (Wildman–Crippen MR) is 64.7 cm³/mol. The first-order valence-electron chi connectivity index (χ1n) is 6.04. The Kier molecular flexibility index (Phi) is 9.65. The van der Waals surface area contributed by atoms with Gasteiger partial charge in [-0.15, -0.1) is 10.1 Å². The normalized spacial score (nSPS) is 15.2. The van der Waals surface area contributed by atoms with Crippen LogP contribution in [-0.2, 0) is 4.84 Å². The largest absolute Gasteiger partial charge is 0.465 e. The van der Waals surface area contributed by atoms with Gasteiger partial charge in [-0.2, -0.15) is 0 Å². The third-order valence-corrected chi connectivity index (χ3v) is 2.44. The molecule has 0 aromatic rings. The van der Waals surface area contributed by atoms with Crippen LogP contribution in [0.1, 0.15) is 38.5 Å². The standard InChI is InChI=1S/C6H11NO3.C4H10N2O2/c8-7(9)10-6-4-2-1-3-5-6;5-2-1-3-6-4(7)8/h6H,1-5H2;6H,1-3,5H2,(H,7,8). The zero-order chi connectivity index (χ0) is 13.8. The molecule has 0 aliphatic heterocycles. The summed E-state index contributed by atoms with van der Waals surface area (Å²) in [7, 11) is 0. The third kappa shape index (κ3) is 10.9. The number of carbonyl (C=O) groups is 1. The molecule has 106 valence electrons. The van der Waals surface area contributed by atoms with E-state index < -0.39 is 11.2 Å². The van der Waals surface area contributed by atoms with E-state index in [0.29, 0.717) is 19.5 Å². The van der Waals surface area contributed by atoms with Crippen LogP contribution in [0.4, 0.5) is 4.79 Å². The van der Waals surface area contributed by atoms with Gasteiger partial charge in [-0.05, 0) is 25.8 Å². The molecule has 0 heterocycles. The lowest BCUT2D eigenvalue weighted by Crippen LogP contribution is -2.23. The molecule has 0 bridgehead atoms. The van der Waals surface area contributed by atoms with Gasteiger partial charge in [-0.25, -0.2) is 4.79 Å². The average Bonchev–Trinajstić information content (AvgIpc) is 2.30. The molecule has 4 N–H and O–H groups in total. The van der Waals surface area contributed by atoms with Crippen molar-refractivity contribution in [3.8, 4) is 0 Å². The van der Waals surface area contributed by atoms with Crippen LogP contribution in [0, 0.1) is 10.1 Å². The van der Waals surface area contributed by atoms with E-state index in [-0.39, 0.29) is 6.10 Å². The summed E-state index contributed by atoms with van der Waals surface area (Å²) in [5.74, 6) is 0. The van der Waals surface area contributed by atoms with E-state index in [2.05, 4.69) is 10.2 Å². The molecule has 1 aliphatic carbocycles. The van der Waals surface area contributed by atoms with Gasteiger partial charge in [-0.1, -0.05) is 19.3 Å². The van der Waals surface area contributed by atoms with Crippen molar-refractivity contribution in [3.05, 3.63) is 10.1 Å². The minimum Gasteiger partial charge on any atom is -0.465 e. The molecule has 1 rings (SSSR count). The Balaban J connectivity index is 0.000000331. The van der Waals surface area contributed by atoms with Crippen LogP contribution >= 0.6 is 0 Å². The molecule has 8 heteroatoms. The number of rotatable bonds is 5. The maximum absolute atomic E-state index is 9.85. The smallest absolute Gasteiger partial charge is 0.404 e. The summed E-state index contributed by atoms with van der Waals surface area (Å²) in [6.07, 6.45) is 4.62. The van der Waals surface area contributed by atoms with Crippen molar-refractivity contribution in [2.45, 2.75) is 44.6 Å². The van der Waals surface area contributed by atoms with Gasteiger partial charge in [0, 0.05) is 6.54 Å². The van der Waals surface area contributed by atoms with E-state index >= 15 is 0 Å². The van der Waals surface area contributed by atoms with Crippen molar-refractivity contribution in [1.29, 1.82) is 0 Å². The quantitative estimate of drug-likeness (QED) is 0.387. The van der Waals surface area contributed by atoms with Crippen molar-refractivity contribution in [1.82, 2.24) is 5.32 Å². The maximum Gasteiger partial charge on any atom is 0.404 e. The molecular formula is C10H21N3O5. The number of amides is 1. The van der Waals surface area contributed by atoms with E-state index in [9.17, 15) is 14.9 Å². The number of nitrogens with two attached hydrogens (primary N) is 1. The van der Waals surface area contributed by atoms with Crippen molar-refractivity contribution in [3.63, 3.8) is 0 Å². The van der Waals surface area contributed by atoms with Crippen LogP contribution in [0.3, 0.4) is 0 Å². The zero-order valence-corrected chi connectivity index (χ0v) is 10.3. The Morgan fingerprint density at radius 2 is 2.06 bits per heavy atom. The first-order chi connectivity index (χ1) is 8.56. The molecule has 0 atom stereocenters. The summed E-state index contributed by atoms with van der Waals surface area (Å²) >= 11 is 0. The van der Waals surface area contributed by atoms with Crippen molar-refractivity contribution >= 4 is 6.09 Å². The fraction of sp³-hybridized carbons (Fsp3) is 0.900. The number of nitrogens with one attached hydrogen (secondary N) is 1. The predicted octanol–water partition coefficient (Wildman–Crippen LogP) is 1.13. The van der Waals surface area contributed by atoms with Gasteiger partial charge in [0.15, 0.2) is 0 Å². The third-order valence-electron chi connectivity index (χ3n) is 2.44. The second-order valence-electron chi connectivity index (χ2n) is 3.96. The second kappa shape index (κ2) is 10.6. The summed E-state index contributed by atoms with van der Waals surface area (Å²) in [5, 5.41) is 19.3. The summed E-state index contributed by atoms with van der Waals surface area (Å²) in [6, 6.07) is 0. The van der Waals surface area contributed by atoms with E-state index in [1.807, 2.05) is 0 Å². The van der Waals surface area contributed by atoms with Gasteiger partial charge in [0.05, 0.1) is 0 Å². The Morgan fingerprint density at radius 3 is 2.50 bits per heavy atom. The van der Waals surface area contributed by atoms with Crippen molar-refractivity contribution in [2.24, 2.45) is 5.73 Å². The van der Waals surface area contributed by atoms with Gasteiger partial charge in [0.25, 0.3) is 5.09 Å². The molecule has 0 saturated heterocycles. The van der Waals surface area contributed by atoms with Crippen LogP contribution in [-0.4, -0.2) is 35.5 Å². The van der Waals surface area contributed by atoms with E-state index in [1.54, 1.807) is 0 Å². The summed E-state index contributed by atoms with van der Waals surface area (Å²) < 4.78 is 0. The average molecular weight is 263 g/mol. The molecule has 0 aromatic carbocycles. The fourth-order valence-electron chi connectivity index (χ4n) is 1.59. The highest BCUT2D eigenvalue weighted by Crippen LogP contribution is 2.19. The minimum atomic E-state index is -0.988. The highest BCUT2D eigenvalue weighted by molar-refractivity contribution is 5.64. The monoisotopic (exact) mass is 263 g/mol. The highest BCUT2D eigenvalue weighted by atomic mass is 17.0. The lowest BCUT2D eigenvalue weighted by Gasteiger charge is -2.18. The first kappa shape index (κ1) is 16.4. The number of hydrogen-bond acceptors (Lipinski definition) is 5. The van der Waals surface area contributed by atoms with Gasteiger partial charge in [-0.3, -0.25) is 0 Å². The number of carboxylic acid groups (broad SMARTS) is 1. The van der Waals surface area contributed by atoms with Gasteiger partial charge in [0.2, 0.25) is 0 Å². The summed E-state index contributed by atoms with van der Waals surface area (Å²) in [4.78, 5) is 24.0. The van der Waals surface area contributed by atoms with E-state index in [4.69, 9.17) is 10.8 Å². The van der Waals surface area contributed by atoms with Crippen LogP contribution < -0.4 is 11.1 Å². The fourth-order valence-corrected chi connectivity index (χ4v) is 1.59. The SMILES string of the molecule is NCCCNC(=O)O.O=[N+]([O-])OC1CCCCC1. The Labute approximate surface area is 106 Å². The molecular weight excluding hydrogens is 242 g/mol. The zero-order valence-electron chi connectivity index (χ0n) is 10.3. The minimum absolute atomic E-state index is 0.122. The molecule has 1 aliphatic rings. The second-order valence-corrected chi connectivity index (χ2v) is 3.96.